The number of esters is 1. The van der Waals surface area contributed by atoms with E-state index in [0.717, 1.165) is 29.1 Å². The summed E-state index contributed by atoms with van der Waals surface area (Å²) in [6, 6.07) is 5.89. The molecule has 3 atom stereocenters. The molecule has 0 amide bonds. The van der Waals surface area contributed by atoms with E-state index in [4.69, 9.17) is 18.9 Å². The molecule has 1 heterocycles. The van der Waals surface area contributed by atoms with E-state index in [1.54, 1.807) is 0 Å². The Morgan fingerprint density at radius 2 is 1.95 bits per heavy atom. The number of ether oxygens (including phenoxy) is 4. The van der Waals surface area contributed by atoms with E-state index in [1.807, 2.05) is 32.0 Å². The minimum absolute atomic E-state index is 0.0127. The fraction of sp³-hybridized carbons (Fsp3) is 0.643. The van der Waals surface area contributed by atoms with Crippen molar-refractivity contribution in [3.63, 3.8) is 0 Å². The number of halogens is 3. The molecule has 1 aliphatic rings. The number of hydrogen-bond acceptors (Lipinski definition) is 8. The Bertz CT molecular complexity index is 959. The number of benzene rings is 1. The van der Waals surface area contributed by atoms with Crippen LogP contribution in [-0.2, 0) is 28.5 Å². The highest BCUT2D eigenvalue weighted by Gasteiger charge is 2.38. The summed E-state index contributed by atoms with van der Waals surface area (Å²) < 4.78 is 60.5. The van der Waals surface area contributed by atoms with Gasteiger partial charge < -0.3 is 23.7 Å². The molecule has 2 rings (SSSR count). The first-order valence-electron chi connectivity index (χ1n) is 12.9. The normalized spacial score (nSPS) is 16.6. The molecule has 1 aromatic rings. The summed E-state index contributed by atoms with van der Waals surface area (Å²) in [5, 5.41) is 0. The molecule has 1 aromatic carbocycles. The van der Waals surface area contributed by atoms with Crippen LogP contribution in [0.5, 0.6) is 0 Å². The van der Waals surface area contributed by atoms with Crippen molar-refractivity contribution in [2.24, 2.45) is 11.8 Å². The molecule has 0 aromatic heterocycles. The van der Waals surface area contributed by atoms with Gasteiger partial charge in [-0.1, -0.05) is 12.0 Å². The lowest BCUT2D eigenvalue weighted by atomic mass is 9.85. The molecule has 39 heavy (non-hydrogen) atoms. The van der Waals surface area contributed by atoms with Crippen molar-refractivity contribution >= 4 is 24.0 Å². The van der Waals surface area contributed by atoms with Crippen LogP contribution in [0, 0.1) is 37.5 Å². The molecular weight excluding hydrogens is 535 g/mol. The number of aryl methyl sites for hydroxylation is 2. The Morgan fingerprint density at radius 3 is 2.59 bits per heavy atom. The van der Waals surface area contributed by atoms with Crippen molar-refractivity contribution in [2.45, 2.75) is 43.9 Å². The second-order valence-electron chi connectivity index (χ2n) is 9.34. The van der Waals surface area contributed by atoms with Crippen LogP contribution in [-0.4, -0.2) is 95.0 Å². The van der Waals surface area contributed by atoms with Crippen LogP contribution in [0.1, 0.15) is 24.0 Å². The molecule has 7 nitrogen and oxygen atoms in total. The van der Waals surface area contributed by atoms with Gasteiger partial charge in [0.1, 0.15) is 26.1 Å². The highest BCUT2D eigenvalue weighted by Crippen LogP contribution is 2.33. The fourth-order valence-electron chi connectivity index (χ4n) is 4.04. The standard InChI is InChI=1S/C28H38F3NO6S/c1-21-7-8-24(16-22(21)2)39-20-23(18-33)25(26(35-3)17-28(29,30)31)6-4-5-12-37-19-27(34)38-15-11-32-9-13-36-14-10-32/h7-8,16,18,23,25-26H,6,9-15,17,19-20H2,1-3H3/t23-,25-,26?/m1/s1. The van der Waals surface area contributed by atoms with E-state index in [9.17, 15) is 22.8 Å². The minimum Gasteiger partial charge on any atom is -0.463 e. The summed E-state index contributed by atoms with van der Waals surface area (Å²) in [4.78, 5) is 26.9. The molecular formula is C28H38F3NO6S. The van der Waals surface area contributed by atoms with Crippen LogP contribution in [0.2, 0.25) is 0 Å². The molecule has 0 bridgehead atoms. The first-order valence-corrected chi connectivity index (χ1v) is 13.9. The van der Waals surface area contributed by atoms with Crippen molar-refractivity contribution in [1.82, 2.24) is 4.90 Å². The van der Waals surface area contributed by atoms with Gasteiger partial charge in [-0.25, -0.2) is 4.79 Å². The summed E-state index contributed by atoms with van der Waals surface area (Å²) >= 11 is 1.41. The maximum Gasteiger partial charge on any atom is 0.391 e. The first-order chi connectivity index (χ1) is 18.6. The SMILES string of the molecule is COC(CC(F)(F)F)[C@H](CC#CCOCC(=O)OCCN1CCOCC1)[C@H](C=O)CSc1ccc(C)c(C)c1. The Morgan fingerprint density at radius 1 is 1.21 bits per heavy atom. The lowest BCUT2D eigenvalue weighted by Gasteiger charge is -2.29. The maximum absolute atomic E-state index is 13.2. The summed E-state index contributed by atoms with van der Waals surface area (Å²) in [5.74, 6) is 3.84. The second kappa shape index (κ2) is 17.6. The van der Waals surface area contributed by atoms with Gasteiger partial charge in [-0.15, -0.1) is 17.7 Å². The third kappa shape index (κ3) is 13.2. The zero-order chi connectivity index (χ0) is 28.7. The van der Waals surface area contributed by atoms with Crippen LogP contribution in [0.15, 0.2) is 23.1 Å². The van der Waals surface area contributed by atoms with Gasteiger partial charge in [0.2, 0.25) is 0 Å². The number of carbonyl (C=O) groups excluding carboxylic acids is 2. The average molecular weight is 574 g/mol. The zero-order valence-electron chi connectivity index (χ0n) is 22.8. The number of morpholine rings is 1. The highest BCUT2D eigenvalue weighted by atomic mass is 32.2. The number of rotatable bonds is 15. The van der Waals surface area contributed by atoms with Crippen LogP contribution in [0.4, 0.5) is 13.2 Å². The summed E-state index contributed by atoms with van der Waals surface area (Å²) in [6.45, 7) is 7.39. The lowest BCUT2D eigenvalue weighted by molar-refractivity contribution is -0.166. The van der Waals surface area contributed by atoms with E-state index in [1.165, 1.54) is 18.9 Å². The smallest absolute Gasteiger partial charge is 0.391 e. The van der Waals surface area contributed by atoms with Crippen LogP contribution >= 0.6 is 11.8 Å². The predicted octanol–water partition coefficient (Wildman–Crippen LogP) is 4.08. The Labute approximate surface area is 233 Å². The third-order valence-corrected chi connectivity index (χ3v) is 7.63. The molecule has 1 saturated heterocycles. The molecule has 1 unspecified atom stereocenters. The average Bonchev–Trinajstić information content (AvgIpc) is 2.90. The summed E-state index contributed by atoms with van der Waals surface area (Å²) in [5.41, 5.74) is 2.23. The number of methoxy groups -OCH3 is 1. The van der Waals surface area contributed by atoms with Gasteiger partial charge in [0.05, 0.1) is 25.7 Å². The van der Waals surface area contributed by atoms with Crippen molar-refractivity contribution in [3.05, 3.63) is 29.3 Å². The first kappa shape index (κ1) is 33.1. The van der Waals surface area contributed by atoms with Gasteiger partial charge in [-0.3, -0.25) is 4.90 Å². The Kier molecular flexibility index (Phi) is 14.9. The summed E-state index contributed by atoms with van der Waals surface area (Å²) in [6.07, 6.45) is -6.16. The fourth-order valence-corrected chi connectivity index (χ4v) is 5.17. The molecule has 0 N–H and O–H groups in total. The maximum atomic E-state index is 13.2. The molecule has 1 fully saturated rings. The molecule has 11 heteroatoms. The molecule has 0 spiro atoms. The van der Waals surface area contributed by atoms with Crippen molar-refractivity contribution in [3.8, 4) is 11.8 Å². The Hall–Kier alpha value is -2.10. The van der Waals surface area contributed by atoms with E-state index >= 15 is 0 Å². The topological polar surface area (TPSA) is 74.3 Å². The van der Waals surface area contributed by atoms with Gasteiger partial charge >= 0.3 is 12.1 Å². The Balaban J connectivity index is 1.88. The number of aldehydes is 1. The highest BCUT2D eigenvalue weighted by molar-refractivity contribution is 7.99. The quantitative estimate of drug-likeness (QED) is 0.102. The number of alkyl halides is 3. The second-order valence-corrected chi connectivity index (χ2v) is 10.4. The van der Waals surface area contributed by atoms with E-state index in [2.05, 4.69) is 16.7 Å². The largest absolute Gasteiger partial charge is 0.463 e. The molecule has 0 aliphatic carbocycles. The predicted molar refractivity (Wildman–Crippen MR) is 143 cm³/mol. The van der Waals surface area contributed by atoms with Crippen molar-refractivity contribution in [1.29, 1.82) is 0 Å². The number of thioether (sulfide) groups is 1. The van der Waals surface area contributed by atoms with Gasteiger partial charge in [0, 0.05) is 55.6 Å². The van der Waals surface area contributed by atoms with Gasteiger partial charge in [0.15, 0.2) is 0 Å². The number of carbonyl (C=O) groups is 2. The van der Waals surface area contributed by atoms with Crippen molar-refractivity contribution in [2.75, 3.05) is 65.5 Å². The van der Waals surface area contributed by atoms with Gasteiger partial charge in [-0.2, -0.15) is 13.2 Å². The van der Waals surface area contributed by atoms with E-state index < -0.39 is 36.5 Å². The third-order valence-electron chi connectivity index (χ3n) is 6.49. The zero-order valence-corrected chi connectivity index (χ0v) is 23.6. The van der Waals surface area contributed by atoms with Crippen LogP contribution < -0.4 is 0 Å². The van der Waals surface area contributed by atoms with Crippen LogP contribution in [0.3, 0.4) is 0 Å². The number of nitrogens with zero attached hydrogens (tertiary/aromatic N) is 1. The van der Waals surface area contributed by atoms with Crippen molar-refractivity contribution < 1.29 is 41.7 Å². The summed E-state index contributed by atoms with van der Waals surface area (Å²) in [7, 11) is 1.21. The monoisotopic (exact) mass is 573 g/mol. The minimum atomic E-state index is -4.45. The molecule has 218 valence electrons. The number of hydrogen-bond donors (Lipinski definition) is 0. The van der Waals surface area contributed by atoms with Gasteiger partial charge in [-0.05, 0) is 37.1 Å². The molecule has 1 aliphatic heterocycles. The van der Waals surface area contributed by atoms with Crippen LogP contribution in [0.25, 0.3) is 0 Å². The van der Waals surface area contributed by atoms with E-state index in [0.29, 0.717) is 31.8 Å². The van der Waals surface area contributed by atoms with Gasteiger partial charge in [0.25, 0.3) is 0 Å². The van der Waals surface area contributed by atoms with E-state index in [-0.39, 0.29) is 26.2 Å². The lowest BCUT2D eigenvalue weighted by Crippen LogP contribution is -2.38. The molecule has 0 radical (unpaired) electrons. The molecule has 0 saturated carbocycles.